The molecule has 7 heteroatoms. The largest absolute Gasteiger partial charge is 0.508 e. The molecule has 0 radical (unpaired) electrons. The van der Waals surface area contributed by atoms with Gasteiger partial charge in [-0.25, -0.2) is 0 Å². The van der Waals surface area contributed by atoms with E-state index in [1.165, 1.54) is 11.8 Å². The maximum Gasteiger partial charge on any atom is 0.257 e. The van der Waals surface area contributed by atoms with E-state index in [0.717, 1.165) is 16.1 Å². The van der Waals surface area contributed by atoms with Crippen LogP contribution in [0.25, 0.3) is 0 Å². The van der Waals surface area contributed by atoms with Crippen molar-refractivity contribution in [1.29, 1.82) is 0 Å². The van der Waals surface area contributed by atoms with E-state index in [0.29, 0.717) is 13.1 Å². The highest BCUT2D eigenvalue weighted by molar-refractivity contribution is 7.99. The number of para-hydroxylation sites is 1. The second kappa shape index (κ2) is 8.77. The summed E-state index contributed by atoms with van der Waals surface area (Å²) in [6, 6.07) is 14.4. The number of fused-ring (bicyclic) bond motifs is 1. The number of aromatic hydroxyl groups is 1. The number of hydrogen-bond donors (Lipinski definition) is 2. The molecule has 140 valence electrons. The molecule has 1 amide bonds. The van der Waals surface area contributed by atoms with Crippen molar-refractivity contribution in [2.45, 2.75) is 16.2 Å². The van der Waals surface area contributed by atoms with E-state index >= 15 is 0 Å². The molecule has 1 heterocycles. The maximum absolute atomic E-state index is 13.0. The van der Waals surface area contributed by atoms with Crippen molar-refractivity contribution in [3.8, 4) is 5.75 Å². The lowest BCUT2D eigenvalue weighted by Gasteiger charge is -2.26. The Kier molecular flexibility index (Phi) is 6.94. The standard InChI is InChI=1S/C19H22N2O3S.ClH/c1-20(2)11-12-21-15-5-3-4-6-16(15)25-18(17(23)19(21)24)13-7-9-14(22)10-8-13;/h3-10,17-18,22-23H,11-12H2,1-2H3;1H/t17-,18?;/m1./s1. The number of hydrogen-bond acceptors (Lipinski definition) is 5. The minimum atomic E-state index is -1.15. The average Bonchev–Trinajstić information content (AvgIpc) is 2.70. The Hall–Kier alpha value is -1.73. The topological polar surface area (TPSA) is 64.0 Å². The van der Waals surface area contributed by atoms with E-state index in [9.17, 15) is 15.0 Å². The molecule has 1 aliphatic heterocycles. The van der Waals surface area contributed by atoms with Crippen molar-refractivity contribution in [3.05, 3.63) is 54.1 Å². The number of aliphatic hydroxyl groups is 1. The van der Waals surface area contributed by atoms with Crippen LogP contribution >= 0.6 is 24.2 Å². The third kappa shape index (κ3) is 4.32. The lowest BCUT2D eigenvalue weighted by Crippen LogP contribution is -2.43. The summed E-state index contributed by atoms with van der Waals surface area (Å²) in [6.07, 6.45) is -1.15. The van der Waals surface area contributed by atoms with Gasteiger partial charge >= 0.3 is 0 Å². The molecule has 3 rings (SSSR count). The zero-order valence-corrected chi connectivity index (χ0v) is 16.3. The summed E-state index contributed by atoms with van der Waals surface area (Å²) in [7, 11) is 3.91. The highest BCUT2D eigenvalue weighted by Gasteiger charge is 2.37. The second-order valence-corrected chi connectivity index (χ2v) is 7.52. The number of phenolic OH excluding ortho intramolecular Hbond substituents is 1. The first-order chi connectivity index (χ1) is 12.0. The number of benzene rings is 2. The Labute approximate surface area is 164 Å². The Balaban J connectivity index is 0.00000243. The Morgan fingerprint density at radius 2 is 1.77 bits per heavy atom. The fraction of sp³-hybridized carbons (Fsp3) is 0.316. The molecule has 1 aliphatic rings. The molecule has 2 N–H and O–H groups in total. The van der Waals surface area contributed by atoms with E-state index in [4.69, 9.17) is 0 Å². The monoisotopic (exact) mass is 394 g/mol. The van der Waals surface area contributed by atoms with Crippen LogP contribution in [0.15, 0.2) is 53.4 Å². The molecule has 0 fully saturated rings. The van der Waals surface area contributed by atoms with Crippen molar-refractivity contribution >= 4 is 35.8 Å². The molecular weight excluding hydrogens is 372 g/mol. The highest BCUT2D eigenvalue weighted by Crippen LogP contribution is 2.45. The fourth-order valence-electron chi connectivity index (χ4n) is 2.83. The van der Waals surface area contributed by atoms with Gasteiger partial charge in [0.2, 0.25) is 0 Å². The first-order valence-electron chi connectivity index (χ1n) is 8.16. The van der Waals surface area contributed by atoms with Crippen LogP contribution in [0.3, 0.4) is 0 Å². The van der Waals surface area contributed by atoms with Crippen LogP contribution in [0.5, 0.6) is 5.75 Å². The van der Waals surface area contributed by atoms with Gasteiger partial charge in [-0.05, 0) is 43.9 Å². The van der Waals surface area contributed by atoms with Gasteiger partial charge in [-0.1, -0.05) is 24.3 Å². The van der Waals surface area contributed by atoms with E-state index < -0.39 is 11.4 Å². The number of nitrogens with zero attached hydrogens (tertiary/aromatic N) is 2. The zero-order valence-electron chi connectivity index (χ0n) is 14.7. The molecule has 2 atom stereocenters. The van der Waals surface area contributed by atoms with Gasteiger partial charge in [-0.3, -0.25) is 4.79 Å². The van der Waals surface area contributed by atoms with Crippen molar-refractivity contribution in [2.75, 3.05) is 32.1 Å². The number of halogens is 1. The van der Waals surface area contributed by atoms with Crippen LogP contribution in [-0.4, -0.2) is 54.3 Å². The molecular formula is C19H23ClN2O3S. The predicted octanol–water partition coefficient (Wildman–Crippen LogP) is 2.92. The number of rotatable bonds is 4. The van der Waals surface area contributed by atoms with Crippen LogP contribution in [-0.2, 0) is 4.79 Å². The van der Waals surface area contributed by atoms with E-state index in [2.05, 4.69) is 0 Å². The van der Waals surface area contributed by atoms with Gasteiger partial charge in [0, 0.05) is 18.0 Å². The summed E-state index contributed by atoms with van der Waals surface area (Å²) in [5.74, 6) is -0.131. The quantitative estimate of drug-likeness (QED) is 0.834. The third-order valence-electron chi connectivity index (χ3n) is 4.21. The molecule has 0 spiro atoms. The van der Waals surface area contributed by atoms with E-state index in [1.807, 2.05) is 43.3 Å². The minimum Gasteiger partial charge on any atom is -0.508 e. The molecule has 1 unspecified atom stereocenters. The van der Waals surface area contributed by atoms with Gasteiger partial charge in [0.05, 0.1) is 10.9 Å². The first kappa shape index (κ1) is 20.6. The molecule has 26 heavy (non-hydrogen) atoms. The van der Waals surface area contributed by atoms with Gasteiger partial charge in [0.25, 0.3) is 5.91 Å². The fourth-order valence-corrected chi connectivity index (χ4v) is 4.10. The molecule has 0 aliphatic carbocycles. The van der Waals surface area contributed by atoms with Crippen LogP contribution in [0.1, 0.15) is 10.8 Å². The lowest BCUT2D eigenvalue weighted by molar-refractivity contribution is -0.126. The molecule has 0 saturated heterocycles. The van der Waals surface area contributed by atoms with Crippen LogP contribution in [0, 0.1) is 0 Å². The van der Waals surface area contributed by atoms with E-state index in [-0.39, 0.29) is 24.1 Å². The summed E-state index contributed by atoms with van der Waals surface area (Å²) in [5.41, 5.74) is 1.65. The minimum absolute atomic E-state index is 0. The number of aliphatic hydroxyl groups excluding tert-OH is 1. The van der Waals surface area contributed by atoms with Gasteiger partial charge in [-0.2, -0.15) is 0 Å². The SMILES string of the molecule is CN(C)CCN1C(=O)[C@H](O)C(c2ccc(O)cc2)Sc2ccccc21.Cl. The number of carbonyl (C=O) groups excluding carboxylic acids is 1. The van der Waals surface area contributed by atoms with E-state index in [1.54, 1.807) is 29.2 Å². The summed E-state index contributed by atoms with van der Waals surface area (Å²) in [4.78, 5) is 17.6. The van der Waals surface area contributed by atoms with Gasteiger partial charge < -0.3 is 20.0 Å². The number of amides is 1. The van der Waals surface area contributed by atoms with Crippen LogP contribution in [0.2, 0.25) is 0 Å². The number of phenols is 1. The smallest absolute Gasteiger partial charge is 0.257 e. The third-order valence-corrected chi connectivity index (χ3v) is 5.59. The van der Waals surface area contributed by atoms with Crippen molar-refractivity contribution in [1.82, 2.24) is 4.90 Å². The number of likely N-dealkylation sites (N-methyl/N-ethyl adjacent to an activating group) is 1. The summed E-state index contributed by atoms with van der Waals surface area (Å²) >= 11 is 1.48. The number of anilines is 1. The Bertz CT molecular complexity index is 755. The number of thioether (sulfide) groups is 1. The molecule has 2 aromatic carbocycles. The molecule has 0 aromatic heterocycles. The lowest BCUT2D eigenvalue weighted by atomic mass is 10.1. The average molecular weight is 395 g/mol. The van der Waals surface area contributed by atoms with Crippen molar-refractivity contribution < 1.29 is 15.0 Å². The molecule has 0 saturated carbocycles. The normalized spacial score (nSPS) is 19.7. The molecule has 0 bridgehead atoms. The molecule has 5 nitrogen and oxygen atoms in total. The summed E-state index contributed by atoms with van der Waals surface area (Å²) < 4.78 is 0. The molecule has 2 aromatic rings. The zero-order chi connectivity index (χ0) is 18.0. The number of carbonyl (C=O) groups is 1. The van der Waals surface area contributed by atoms with Crippen LogP contribution in [0.4, 0.5) is 5.69 Å². The summed E-state index contributed by atoms with van der Waals surface area (Å²) in [5, 5.41) is 19.8. The van der Waals surface area contributed by atoms with Crippen molar-refractivity contribution in [2.24, 2.45) is 0 Å². The highest BCUT2D eigenvalue weighted by atomic mass is 35.5. The Morgan fingerprint density at radius 1 is 1.12 bits per heavy atom. The second-order valence-electron chi connectivity index (χ2n) is 6.34. The van der Waals surface area contributed by atoms with Gasteiger partial charge in [0.1, 0.15) is 11.9 Å². The van der Waals surface area contributed by atoms with Crippen molar-refractivity contribution in [3.63, 3.8) is 0 Å². The predicted molar refractivity (Wildman–Crippen MR) is 107 cm³/mol. The first-order valence-corrected chi connectivity index (χ1v) is 9.04. The summed E-state index contributed by atoms with van der Waals surface area (Å²) in [6.45, 7) is 1.23. The Morgan fingerprint density at radius 3 is 2.42 bits per heavy atom. The van der Waals surface area contributed by atoms with Gasteiger partial charge in [-0.15, -0.1) is 24.2 Å². The van der Waals surface area contributed by atoms with Gasteiger partial charge in [0.15, 0.2) is 0 Å². The maximum atomic E-state index is 13.0. The van der Waals surface area contributed by atoms with Crippen LogP contribution < -0.4 is 4.90 Å².